The maximum Gasteiger partial charge on any atom is 0.239 e. The summed E-state index contributed by atoms with van der Waals surface area (Å²) < 4.78 is 5.34. The van der Waals surface area contributed by atoms with E-state index in [2.05, 4.69) is 22.2 Å². The second-order valence-electron chi connectivity index (χ2n) is 4.76. The Balaban J connectivity index is 2.26. The average Bonchev–Trinajstić information content (AvgIpc) is 2.46. The molecule has 0 bridgehead atoms. The second kappa shape index (κ2) is 6.23. The first kappa shape index (κ1) is 14.1. The monoisotopic (exact) mass is 272 g/mol. The number of pyridine rings is 2. The van der Waals surface area contributed by atoms with Gasteiger partial charge in [-0.15, -0.1) is 0 Å². The minimum Gasteiger partial charge on any atom is -0.479 e. The van der Waals surface area contributed by atoms with E-state index in [0.717, 1.165) is 16.9 Å². The van der Waals surface area contributed by atoms with Crippen molar-refractivity contribution in [2.75, 3.05) is 31.4 Å². The molecule has 2 aromatic heterocycles. The van der Waals surface area contributed by atoms with Gasteiger partial charge in [0.2, 0.25) is 5.88 Å². The number of anilines is 2. The summed E-state index contributed by atoms with van der Waals surface area (Å²) in [5, 5.41) is 3.40. The molecule has 0 spiro atoms. The molecule has 1 N–H and O–H groups in total. The molecule has 0 unspecified atom stereocenters. The highest BCUT2D eigenvalue weighted by Gasteiger charge is 2.12. The van der Waals surface area contributed by atoms with Crippen LogP contribution in [0.5, 0.6) is 5.88 Å². The van der Waals surface area contributed by atoms with Gasteiger partial charge in [-0.2, -0.15) is 0 Å². The molecule has 0 radical (unpaired) electrons. The molecule has 2 rings (SSSR count). The maximum atomic E-state index is 5.34. The Morgan fingerprint density at radius 1 is 1.25 bits per heavy atom. The molecule has 20 heavy (non-hydrogen) atoms. The maximum absolute atomic E-state index is 5.34. The number of rotatable bonds is 5. The van der Waals surface area contributed by atoms with Crippen molar-refractivity contribution >= 4 is 11.4 Å². The van der Waals surface area contributed by atoms with E-state index in [1.807, 2.05) is 37.3 Å². The molecule has 2 aromatic rings. The topological polar surface area (TPSA) is 50.3 Å². The van der Waals surface area contributed by atoms with Crippen LogP contribution in [0, 0.1) is 6.92 Å². The van der Waals surface area contributed by atoms with E-state index in [1.165, 1.54) is 5.56 Å². The van der Waals surface area contributed by atoms with Crippen LogP contribution in [0.4, 0.5) is 11.4 Å². The van der Waals surface area contributed by atoms with Gasteiger partial charge in [-0.3, -0.25) is 4.98 Å². The predicted molar refractivity (Wildman–Crippen MR) is 81.4 cm³/mol. The summed E-state index contributed by atoms with van der Waals surface area (Å²) in [6, 6.07) is 3.96. The molecule has 0 atom stereocenters. The van der Waals surface area contributed by atoms with Crippen LogP contribution in [0.25, 0.3) is 0 Å². The number of nitrogens with one attached hydrogen (secondary N) is 1. The average molecular weight is 272 g/mol. The van der Waals surface area contributed by atoms with Crippen molar-refractivity contribution in [2.45, 2.75) is 13.5 Å². The van der Waals surface area contributed by atoms with Gasteiger partial charge in [-0.1, -0.05) is 0 Å². The quantitative estimate of drug-likeness (QED) is 0.906. The highest BCUT2D eigenvalue weighted by Crippen LogP contribution is 2.32. The molecule has 5 heteroatoms. The first-order chi connectivity index (χ1) is 9.63. The van der Waals surface area contributed by atoms with E-state index in [9.17, 15) is 0 Å². The SMILES string of the molecule is COc1nccc(N(C)C)c1NCc1cnccc1C. The standard InChI is InChI=1S/C15H20N4O/c1-11-5-7-16-9-12(11)10-18-14-13(19(2)3)6-8-17-15(14)20-4/h5-9,18H,10H2,1-4H3. The number of ether oxygens (including phenoxy) is 1. The van der Waals surface area contributed by atoms with Crippen LogP contribution in [0.3, 0.4) is 0 Å². The lowest BCUT2D eigenvalue weighted by atomic mass is 10.1. The number of nitrogens with zero attached hydrogens (tertiary/aromatic N) is 3. The molecular formula is C15H20N4O. The van der Waals surface area contributed by atoms with Gasteiger partial charge < -0.3 is 15.0 Å². The van der Waals surface area contributed by atoms with E-state index in [4.69, 9.17) is 4.74 Å². The molecule has 0 aromatic carbocycles. The summed E-state index contributed by atoms with van der Waals surface area (Å²) in [5.41, 5.74) is 4.30. The van der Waals surface area contributed by atoms with Crippen molar-refractivity contribution in [2.24, 2.45) is 0 Å². The lowest BCUT2D eigenvalue weighted by molar-refractivity contribution is 0.400. The van der Waals surface area contributed by atoms with E-state index in [-0.39, 0.29) is 0 Å². The fourth-order valence-electron chi connectivity index (χ4n) is 1.99. The summed E-state index contributed by atoms with van der Waals surface area (Å²) in [6.45, 7) is 2.76. The van der Waals surface area contributed by atoms with Crippen LogP contribution in [0.2, 0.25) is 0 Å². The highest BCUT2D eigenvalue weighted by molar-refractivity contribution is 5.74. The third-order valence-corrected chi connectivity index (χ3v) is 3.17. The largest absolute Gasteiger partial charge is 0.479 e. The molecule has 0 amide bonds. The first-order valence-electron chi connectivity index (χ1n) is 6.47. The molecular weight excluding hydrogens is 252 g/mol. The summed E-state index contributed by atoms with van der Waals surface area (Å²) >= 11 is 0. The zero-order valence-corrected chi connectivity index (χ0v) is 12.3. The summed E-state index contributed by atoms with van der Waals surface area (Å²) in [4.78, 5) is 10.4. The van der Waals surface area contributed by atoms with Crippen molar-refractivity contribution in [3.63, 3.8) is 0 Å². The van der Waals surface area contributed by atoms with E-state index in [1.54, 1.807) is 19.5 Å². The Morgan fingerprint density at radius 3 is 2.70 bits per heavy atom. The van der Waals surface area contributed by atoms with Crippen LogP contribution < -0.4 is 15.0 Å². The number of hydrogen-bond acceptors (Lipinski definition) is 5. The van der Waals surface area contributed by atoms with Crippen molar-refractivity contribution in [3.05, 3.63) is 41.9 Å². The fourth-order valence-corrected chi connectivity index (χ4v) is 1.99. The van der Waals surface area contributed by atoms with Gasteiger partial charge in [0.15, 0.2) is 0 Å². The smallest absolute Gasteiger partial charge is 0.239 e. The lowest BCUT2D eigenvalue weighted by Crippen LogP contribution is -2.14. The fraction of sp³-hybridized carbons (Fsp3) is 0.333. The van der Waals surface area contributed by atoms with E-state index >= 15 is 0 Å². The Bertz CT molecular complexity index is 584. The molecule has 5 nitrogen and oxygen atoms in total. The van der Waals surface area contributed by atoms with E-state index in [0.29, 0.717) is 12.4 Å². The zero-order chi connectivity index (χ0) is 14.5. The van der Waals surface area contributed by atoms with Crippen molar-refractivity contribution in [1.82, 2.24) is 9.97 Å². The molecule has 0 aliphatic rings. The van der Waals surface area contributed by atoms with E-state index < -0.39 is 0 Å². The Hall–Kier alpha value is -2.30. The minimum absolute atomic E-state index is 0.595. The van der Waals surface area contributed by atoms with Gasteiger partial charge in [0, 0.05) is 39.2 Å². The number of aromatic nitrogens is 2. The van der Waals surface area contributed by atoms with Crippen LogP contribution in [-0.2, 0) is 6.54 Å². The first-order valence-corrected chi connectivity index (χ1v) is 6.47. The van der Waals surface area contributed by atoms with Gasteiger partial charge in [-0.25, -0.2) is 4.98 Å². The molecule has 0 aliphatic carbocycles. The second-order valence-corrected chi connectivity index (χ2v) is 4.76. The molecule has 106 valence electrons. The molecule has 2 heterocycles. The zero-order valence-electron chi connectivity index (χ0n) is 12.3. The van der Waals surface area contributed by atoms with Crippen molar-refractivity contribution in [1.29, 1.82) is 0 Å². The normalized spacial score (nSPS) is 10.2. The lowest BCUT2D eigenvalue weighted by Gasteiger charge is -2.20. The molecule has 0 aliphatic heterocycles. The van der Waals surface area contributed by atoms with Gasteiger partial charge >= 0.3 is 0 Å². The molecule has 0 saturated heterocycles. The predicted octanol–water partition coefficient (Wildman–Crippen LogP) is 2.47. The Kier molecular flexibility index (Phi) is 4.40. The summed E-state index contributed by atoms with van der Waals surface area (Å²) in [7, 11) is 5.62. The third-order valence-electron chi connectivity index (χ3n) is 3.17. The summed E-state index contributed by atoms with van der Waals surface area (Å²) in [6.07, 6.45) is 5.42. The molecule has 0 fully saturated rings. The third kappa shape index (κ3) is 2.99. The summed E-state index contributed by atoms with van der Waals surface area (Å²) in [5.74, 6) is 0.595. The van der Waals surface area contributed by atoms with Crippen LogP contribution in [0.15, 0.2) is 30.7 Å². The van der Waals surface area contributed by atoms with Crippen LogP contribution >= 0.6 is 0 Å². The highest BCUT2D eigenvalue weighted by atomic mass is 16.5. The number of aryl methyl sites for hydroxylation is 1. The van der Waals surface area contributed by atoms with Crippen molar-refractivity contribution < 1.29 is 4.74 Å². The minimum atomic E-state index is 0.595. The van der Waals surface area contributed by atoms with Crippen LogP contribution in [-0.4, -0.2) is 31.2 Å². The van der Waals surface area contributed by atoms with Gasteiger partial charge in [0.25, 0.3) is 0 Å². The Morgan fingerprint density at radius 2 is 2.05 bits per heavy atom. The van der Waals surface area contributed by atoms with Gasteiger partial charge in [-0.05, 0) is 30.2 Å². The molecule has 0 saturated carbocycles. The number of hydrogen-bond donors (Lipinski definition) is 1. The number of methoxy groups -OCH3 is 1. The van der Waals surface area contributed by atoms with Crippen LogP contribution in [0.1, 0.15) is 11.1 Å². The Labute approximate surface area is 119 Å². The van der Waals surface area contributed by atoms with Gasteiger partial charge in [0.05, 0.1) is 12.8 Å². The van der Waals surface area contributed by atoms with Crippen molar-refractivity contribution in [3.8, 4) is 5.88 Å². The van der Waals surface area contributed by atoms with Gasteiger partial charge in [0.1, 0.15) is 5.69 Å².